The molecule has 84 valence electrons. The third-order valence-corrected chi connectivity index (χ3v) is 2.84. The number of nitrogen functional groups attached to an aromatic ring is 2. The van der Waals surface area contributed by atoms with Gasteiger partial charge in [-0.15, -0.1) is 0 Å². The second kappa shape index (κ2) is 4.13. The normalized spacial score (nSPS) is 11.4. The van der Waals surface area contributed by atoms with E-state index in [0.717, 1.165) is 16.9 Å². The van der Waals surface area contributed by atoms with Crippen LogP contribution in [0, 0.1) is 6.92 Å². The predicted molar refractivity (Wildman–Crippen MR) is 68.2 cm³/mol. The monoisotopic (exact) mass is 206 g/mol. The van der Waals surface area contributed by atoms with Crippen molar-refractivity contribution in [2.45, 2.75) is 46.5 Å². The average Bonchev–Trinajstić information content (AvgIpc) is 1.99. The summed E-state index contributed by atoms with van der Waals surface area (Å²) in [6.45, 7) is 10.7. The van der Waals surface area contributed by atoms with Crippen LogP contribution in [0.3, 0.4) is 0 Å². The molecule has 0 aliphatic rings. The number of rotatable bonds is 2. The van der Waals surface area contributed by atoms with Crippen LogP contribution >= 0.6 is 0 Å². The van der Waals surface area contributed by atoms with Crippen molar-refractivity contribution in [3.63, 3.8) is 0 Å². The summed E-state index contributed by atoms with van der Waals surface area (Å²) in [6, 6.07) is 2.04. The highest BCUT2D eigenvalue weighted by molar-refractivity contribution is 5.69. The van der Waals surface area contributed by atoms with Gasteiger partial charge in [-0.2, -0.15) is 0 Å². The quantitative estimate of drug-likeness (QED) is 0.729. The van der Waals surface area contributed by atoms with Gasteiger partial charge >= 0.3 is 0 Å². The fourth-order valence-corrected chi connectivity index (χ4v) is 2.31. The van der Waals surface area contributed by atoms with E-state index in [1.807, 2.05) is 6.07 Å². The van der Waals surface area contributed by atoms with Crippen LogP contribution in [0.1, 0.15) is 56.2 Å². The van der Waals surface area contributed by atoms with Crippen molar-refractivity contribution < 1.29 is 0 Å². The van der Waals surface area contributed by atoms with Crippen molar-refractivity contribution >= 4 is 11.4 Å². The fourth-order valence-electron chi connectivity index (χ4n) is 2.31. The Labute approximate surface area is 92.7 Å². The molecule has 0 amide bonds. The van der Waals surface area contributed by atoms with Crippen LogP contribution in [-0.4, -0.2) is 0 Å². The Kier molecular flexibility index (Phi) is 3.28. The molecule has 1 aromatic carbocycles. The highest BCUT2D eigenvalue weighted by atomic mass is 14.6. The maximum Gasteiger partial charge on any atom is 0.0407 e. The Morgan fingerprint density at radius 1 is 0.933 bits per heavy atom. The number of anilines is 2. The topological polar surface area (TPSA) is 52.0 Å². The highest BCUT2D eigenvalue weighted by Gasteiger charge is 2.16. The largest absolute Gasteiger partial charge is 0.398 e. The number of benzene rings is 1. The first-order chi connectivity index (χ1) is 6.86. The van der Waals surface area contributed by atoms with Crippen LogP contribution in [0.5, 0.6) is 0 Å². The standard InChI is InChI=1S/C13H22N2/c1-7(2)11-9(5)6-10(14)12(8(3)4)13(11)15/h6-8H,14-15H2,1-5H3. The Morgan fingerprint density at radius 2 is 1.40 bits per heavy atom. The first-order valence-electron chi connectivity index (χ1n) is 5.54. The summed E-state index contributed by atoms with van der Waals surface area (Å²) in [4.78, 5) is 0. The average molecular weight is 206 g/mol. The minimum absolute atomic E-state index is 0.378. The molecule has 4 N–H and O–H groups in total. The van der Waals surface area contributed by atoms with Gasteiger partial charge in [-0.1, -0.05) is 27.7 Å². The molecule has 0 atom stereocenters. The number of hydrogen-bond donors (Lipinski definition) is 2. The fraction of sp³-hybridized carbons (Fsp3) is 0.538. The number of aryl methyl sites for hydroxylation is 1. The van der Waals surface area contributed by atoms with E-state index in [1.165, 1.54) is 11.1 Å². The minimum Gasteiger partial charge on any atom is -0.398 e. The van der Waals surface area contributed by atoms with Crippen LogP contribution in [-0.2, 0) is 0 Å². The maximum atomic E-state index is 6.21. The zero-order chi connectivity index (χ0) is 11.7. The molecule has 0 unspecified atom stereocenters. The Balaban J connectivity index is 3.49. The molecule has 1 aromatic rings. The summed E-state index contributed by atoms with van der Waals surface area (Å²) in [5, 5.41) is 0. The van der Waals surface area contributed by atoms with Gasteiger partial charge in [-0.25, -0.2) is 0 Å². The smallest absolute Gasteiger partial charge is 0.0407 e. The Hall–Kier alpha value is -1.18. The summed E-state index contributed by atoms with van der Waals surface area (Å²) in [7, 11) is 0. The molecule has 0 fully saturated rings. The molecule has 0 aliphatic heterocycles. The molecule has 0 saturated heterocycles. The molecule has 1 rings (SSSR count). The number of nitrogens with two attached hydrogens (primary N) is 2. The van der Waals surface area contributed by atoms with Crippen LogP contribution in [0.25, 0.3) is 0 Å². The van der Waals surface area contributed by atoms with E-state index in [0.29, 0.717) is 11.8 Å². The lowest BCUT2D eigenvalue weighted by molar-refractivity contribution is 0.835. The summed E-state index contributed by atoms with van der Waals surface area (Å²) in [5.74, 6) is 0.825. The second-order valence-corrected chi connectivity index (χ2v) is 4.83. The predicted octanol–water partition coefficient (Wildman–Crippen LogP) is 3.41. The Morgan fingerprint density at radius 3 is 1.80 bits per heavy atom. The molecule has 2 nitrogen and oxygen atoms in total. The van der Waals surface area contributed by atoms with E-state index < -0.39 is 0 Å². The van der Waals surface area contributed by atoms with Gasteiger partial charge in [0.05, 0.1) is 0 Å². The molecule has 0 aliphatic carbocycles. The molecular weight excluding hydrogens is 184 g/mol. The summed E-state index contributed by atoms with van der Waals surface area (Å²) >= 11 is 0. The van der Waals surface area contributed by atoms with Crippen molar-refractivity contribution in [3.8, 4) is 0 Å². The van der Waals surface area contributed by atoms with E-state index in [2.05, 4.69) is 34.6 Å². The SMILES string of the molecule is Cc1cc(N)c(C(C)C)c(N)c1C(C)C. The molecule has 0 heterocycles. The van der Waals surface area contributed by atoms with Gasteiger partial charge in [0.1, 0.15) is 0 Å². The lowest BCUT2D eigenvalue weighted by Crippen LogP contribution is -2.08. The summed E-state index contributed by atoms with van der Waals surface area (Å²) in [6.07, 6.45) is 0. The highest BCUT2D eigenvalue weighted by Crippen LogP contribution is 2.36. The molecule has 15 heavy (non-hydrogen) atoms. The van der Waals surface area contributed by atoms with Gasteiger partial charge in [-0.05, 0) is 36.0 Å². The van der Waals surface area contributed by atoms with Crippen LogP contribution in [0.4, 0.5) is 11.4 Å². The molecule has 0 saturated carbocycles. The molecule has 2 heteroatoms. The van der Waals surface area contributed by atoms with E-state index in [1.54, 1.807) is 0 Å². The van der Waals surface area contributed by atoms with Crippen LogP contribution in [0.15, 0.2) is 6.07 Å². The molecule has 0 bridgehead atoms. The van der Waals surface area contributed by atoms with Crippen LogP contribution in [0.2, 0.25) is 0 Å². The van der Waals surface area contributed by atoms with E-state index in [4.69, 9.17) is 11.5 Å². The Bertz CT molecular complexity index is 333. The molecule has 0 aromatic heterocycles. The van der Waals surface area contributed by atoms with Crippen molar-refractivity contribution in [3.05, 3.63) is 22.8 Å². The summed E-state index contributed by atoms with van der Waals surface area (Å²) < 4.78 is 0. The second-order valence-electron chi connectivity index (χ2n) is 4.83. The maximum absolute atomic E-state index is 6.21. The molecule has 0 radical (unpaired) electrons. The third-order valence-electron chi connectivity index (χ3n) is 2.84. The van der Waals surface area contributed by atoms with Gasteiger partial charge in [0.15, 0.2) is 0 Å². The van der Waals surface area contributed by atoms with Crippen molar-refractivity contribution in [1.82, 2.24) is 0 Å². The lowest BCUT2D eigenvalue weighted by Gasteiger charge is -2.21. The lowest BCUT2D eigenvalue weighted by atomic mass is 9.88. The van der Waals surface area contributed by atoms with Crippen molar-refractivity contribution in [1.29, 1.82) is 0 Å². The van der Waals surface area contributed by atoms with Gasteiger partial charge in [-0.3, -0.25) is 0 Å². The minimum atomic E-state index is 0.378. The third kappa shape index (κ3) is 2.09. The van der Waals surface area contributed by atoms with Gasteiger partial charge in [0.2, 0.25) is 0 Å². The zero-order valence-corrected chi connectivity index (χ0v) is 10.4. The molecule has 0 spiro atoms. The van der Waals surface area contributed by atoms with Gasteiger partial charge in [0.25, 0.3) is 0 Å². The van der Waals surface area contributed by atoms with Gasteiger partial charge in [0, 0.05) is 16.9 Å². The number of hydrogen-bond acceptors (Lipinski definition) is 2. The van der Waals surface area contributed by atoms with Crippen molar-refractivity contribution in [2.75, 3.05) is 11.5 Å². The van der Waals surface area contributed by atoms with E-state index >= 15 is 0 Å². The van der Waals surface area contributed by atoms with Crippen molar-refractivity contribution in [2.24, 2.45) is 0 Å². The molecular formula is C13H22N2. The van der Waals surface area contributed by atoms with E-state index in [9.17, 15) is 0 Å². The summed E-state index contributed by atoms with van der Waals surface area (Å²) in [5.41, 5.74) is 17.5. The van der Waals surface area contributed by atoms with Crippen LogP contribution < -0.4 is 11.5 Å². The first kappa shape index (κ1) is 11.9. The van der Waals surface area contributed by atoms with Gasteiger partial charge < -0.3 is 11.5 Å². The zero-order valence-electron chi connectivity index (χ0n) is 10.4. The van der Waals surface area contributed by atoms with E-state index in [-0.39, 0.29) is 0 Å². The first-order valence-corrected chi connectivity index (χ1v) is 5.54.